The highest BCUT2D eigenvalue weighted by molar-refractivity contribution is 9.10. The Bertz CT molecular complexity index is 495. The van der Waals surface area contributed by atoms with Gasteiger partial charge in [-0.15, -0.1) is 0 Å². The molecule has 0 aromatic heterocycles. The average molecular weight is 341 g/mol. The Kier molecular flexibility index (Phi) is 4.70. The van der Waals surface area contributed by atoms with Crippen LogP contribution in [0.3, 0.4) is 0 Å². The van der Waals surface area contributed by atoms with Gasteiger partial charge in [-0.1, -0.05) is 0 Å². The van der Waals surface area contributed by atoms with Gasteiger partial charge in [0.15, 0.2) is 0 Å². The van der Waals surface area contributed by atoms with Crippen LogP contribution in [0.5, 0.6) is 5.75 Å². The highest BCUT2D eigenvalue weighted by Gasteiger charge is 2.30. The van der Waals surface area contributed by atoms with Gasteiger partial charge in [-0.05, 0) is 55.0 Å². The van der Waals surface area contributed by atoms with Gasteiger partial charge in [0.1, 0.15) is 5.75 Å². The number of carbonyl (C=O) groups excluding carboxylic acids is 1. The normalized spacial score (nSPS) is 23.8. The number of amides is 1. The molecule has 2 unspecified atom stereocenters. The zero-order valence-corrected chi connectivity index (χ0v) is 14.0. The van der Waals surface area contributed by atoms with Gasteiger partial charge in [0.05, 0.1) is 12.7 Å². The van der Waals surface area contributed by atoms with Crippen molar-refractivity contribution in [2.24, 2.45) is 0 Å². The number of benzene rings is 1. The number of carbonyl (C=O) groups is 1. The van der Waals surface area contributed by atoms with Gasteiger partial charge >= 0.3 is 0 Å². The average Bonchev–Trinajstić information content (AvgIpc) is 2.44. The number of rotatable bonds is 2. The zero-order chi connectivity index (χ0) is 14.9. The fraction of sp³-hybridized carbons (Fsp3) is 0.533. The summed E-state index contributed by atoms with van der Waals surface area (Å²) in [4.78, 5) is 16.9. The van der Waals surface area contributed by atoms with Gasteiger partial charge in [0.25, 0.3) is 5.91 Å². The molecule has 110 valence electrons. The van der Waals surface area contributed by atoms with E-state index in [4.69, 9.17) is 4.74 Å². The summed E-state index contributed by atoms with van der Waals surface area (Å²) in [7, 11) is 3.72. The first-order chi connectivity index (χ1) is 9.43. The lowest BCUT2D eigenvalue weighted by Gasteiger charge is -2.42. The van der Waals surface area contributed by atoms with E-state index in [0.717, 1.165) is 17.6 Å². The second kappa shape index (κ2) is 6.14. The molecule has 0 radical (unpaired) electrons. The van der Waals surface area contributed by atoms with E-state index in [9.17, 15) is 4.79 Å². The molecule has 0 N–H and O–H groups in total. The molecule has 1 aliphatic rings. The minimum absolute atomic E-state index is 0.0579. The second-order valence-electron chi connectivity index (χ2n) is 5.42. The van der Waals surface area contributed by atoms with E-state index in [0.29, 0.717) is 23.4 Å². The monoisotopic (exact) mass is 340 g/mol. The molecule has 1 aromatic rings. The van der Waals surface area contributed by atoms with Crippen molar-refractivity contribution in [3.8, 4) is 5.75 Å². The van der Waals surface area contributed by atoms with Crippen molar-refractivity contribution in [2.75, 3.05) is 27.2 Å². The van der Waals surface area contributed by atoms with Gasteiger partial charge in [-0.2, -0.15) is 0 Å². The molecule has 2 rings (SSSR count). The highest BCUT2D eigenvalue weighted by atomic mass is 79.9. The van der Waals surface area contributed by atoms with Crippen molar-refractivity contribution in [3.05, 3.63) is 28.2 Å². The molecular weight excluding hydrogens is 320 g/mol. The van der Waals surface area contributed by atoms with Crippen LogP contribution in [0.4, 0.5) is 0 Å². The van der Waals surface area contributed by atoms with Crippen LogP contribution in [0.15, 0.2) is 22.7 Å². The van der Waals surface area contributed by atoms with E-state index < -0.39 is 0 Å². The molecule has 0 bridgehead atoms. The van der Waals surface area contributed by atoms with E-state index in [1.165, 1.54) is 0 Å². The number of likely N-dealkylation sites (N-methyl/N-ethyl adjacent to an activating group) is 1. The predicted molar refractivity (Wildman–Crippen MR) is 83.3 cm³/mol. The molecule has 1 fully saturated rings. The Morgan fingerprint density at radius 1 is 1.30 bits per heavy atom. The maximum Gasteiger partial charge on any atom is 0.255 e. The molecule has 20 heavy (non-hydrogen) atoms. The number of halogens is 1. The summed E-state index contributed by atoms with van der Waals surface area (Å²) in [5.41, 5.74) is 0.660. The quantitative estimate of drug-likeness (QED) is 0.829. The van der Waals surface area contributed by atoms with Gasteiger partial charge in [-0.3, -0.25) is 9.69 Å². The summed E-state index contributed by atoms with van der Waals surface area (Å²) < 4.78 is 6.01. The Morgan fingerprint density at radius 2 is 1.90 bits per heavy atom. The standard InChI is InChI=1S/C15H21BrN2O2/c1-10-8-18(9-11(2)17(10)3)15(19)13-7-12(20-4)5-6-14(13)16/h5-7,10-11H,8-9H2,1-4H3. The highest BCUT2D eigenvalue weighted by Crippen LogP contribution is 2.25. The van der Waals surface area contributed by atoms with Crippen LogP contribution < -0.4 is 4.74 Å². The SMILES string of the molecule is COc1ccc(Br)c(C(=O)N2CC(C)N(C)C(C)C2)c1. The number of hydrogen-bond donors (Lipinski definition) is 0. The zero-order valence-electron chi connectivity index (χ0n) is 12.4. The predicted octanol–water partition coefficient (Wildman–Crippen LogP) is 2.62. The van der Waals surface area contributed by atoms with Crippen LogP contribution in [0, 0.1) is 0 Å². The van der Waals surface area contributed by atoms with Crippen molar-refractivity contribution in [1.82, 2.24) is 9.80 Å². The number of ether oxygens (including phenoxy) is 1. The molecule has 2 atom stereocenters. The third-order valence-electron chi connectivity index (χ3n) is 4.05. The summed E-state index contributed by atoms with van der Waals surface area (Å²) in [5.74, 6) is 0.759. The Morgan fingerprint density at radius 3 is 2.45 bits per heavy atom. The molecule has 1 aliphatic heterocycles. The second-order valence-corrected chi connectivity index (χ2v) is 6.27. The first-order valence-electron chi connectivity index (χ1n) is 6.78. The van der Waals surface area contributed by atoms with E-state index in [2.05, 4.69) is 41.7 Å². The number of hydrogen-bond acceptors (Lipinski definition) is 3. The van der Waals surface area contributed by atoms with Gasteiger partial charge in [0, 0.05) is 29.6 Å². The summed E-state index contributed by atoms with van der Waals surface area (Å²) in [6.07, 6.45) is 0. The molecule has 4 nitrogen and oxygen atoms in total. The maximum absolute atomic E-state index is 12.7. The fourth-order valence-electron chi connectivity index (χ4n) is 2.54. The van der Waals surface area contributed by atoms with Crippen molar-refractivity contribution >= 4 is 21.8 Å². The van der Waals surface area contributed by atoms with E-state index >= 15 is 0 Å². The fourth-order valence-corrected chi connectivity index (χ4v) is 2.95. The molecule has 5 heteroatoms. The van der Waals surface area contributed by atoms with Crippen molar-refractivity contribution in [2.45, 2.75) is 25.9 Å². The van der Waals surface area contributed by atoms with Gasteiger partial charge in [-0.25, -0.2) is 0 Å². The van der Waals surface area contributed by atoms with Gasteiger partial charge < -0.3 is 9.64 Å². The molecular formula is C15H21BrN2O2. The topological polar surface area (TPSA) is 32.8 Å². The molecule has 1 heterocycles. The van der Waals surface area contributed by atoms with Crippen molar-refractivity contribution in [3.63, 3.8) is 0 Å². The number of piperazine rings is 1. The minimum atomic E-state index is 0.0579. The Hall–Kier alpha value is -1.07. The first-order valence-corrected chi connectivity index (χ1v) is 7.58. The molecule has 0 saturated carbocycles. The summed E-state index contributed by atoms with van der Waals surface area (Å²) in [6.45, 7) is 5.81. The van der Waals surface area contributed by atoms with Crippen molar-refractivity contribution in [1.29, 1.82) is 0 Å². The van der Waals surface area contributed by atoms with Crippen LogP contribution >= 0.6 is 15.9 Å². The summed E-state index contributed by atoms with van der Waals surface area (Å²) >= 11 is 3.46. The number of nitrogens with zero attached hydrogens (tertiary/aromatic N) is 2. The van der Waals surface area contributed by atoms with Gasteiger partial charge in [0.2, 0.25) is 0 Å². The Balaban J connectivity index is 2.23. The van der Waals surface area contributed by atoms with E-state index in [-0.39, 0.29) is 5.91 Å². The van der Waals surface area contributed by atoms with Crippen molar-refractivity contribution < 1.29 is 9.53 Å². The lowest BCUT2D eigenvalue weighted by atomic mass is 10.1. The van der Waals surface area contributed by atoms with Crippen LogP contribution in [0.25, 0.3) is 0 Å². The smallest absolute Gasteiger partial charge is 0.255 e. The molecule has 1 aromatic carbocycles. The van der Waals surface area contributed by atoms with E-state index in [1.807, 2.05) is 17.0 Å². The molecule has 0 spiro atoms. The maximum atomic E-state index is 12.7. The summed E-state index contributed by atoms with van der Waals surface area (Å²) in [6, 6.07) is 6.23. The third kappa shape index (κ3) is 2.99. The van der Waals surface area contributed by atoms with E-state index in [1.54, 1.807) is 13.2 Å². The molecule has 1 amide bonds. The third-order valence-corrected chi connectivity index (χ3v) is 4.74. The first kappa shape index (κ1) is 15.3. The largest absolute Gasteiger partial charge is 0.497 e. The lowest BCUT2D eigenvalue weighted by Crippen LogP contribution is -2.56. The molecule has 1 saturated heterocycles. The van der Waals surface area contributed by atoms with Crippen LogP contribution in [-0.2, 0) is 0 Å². The summed E-state index contributed by atoms with van der Waals surface area (Å²) in [5, 5.41) is 0. The molecule has 0 aliphatic carbocycles. The van der Waals surface area contributed by atoms with Crippen LogP contribution in [-0.4, -0.2) is 55.0 Å². The van der Waals surface area contributed by atoms with Crippen LogP contribution in [0.1, 0.15) is 24.2 Å². The minimum Gasteiger partial charge on any atom is -0.497 e. The van der Waals surface area contributed by atoms with Crippen LogP contribution in [0.2, 0.25) is 0 Å². The Labute approximate surface area is 128 Å². The number of methoxy groups -OCH3 is 1. The lowest BCUT2D eigenvalue weighted by molar-refractivity contribution is 0.0413.